The van der Waals surface area contributed by atoms with Crippen LogP contribution in [0, 0.1) is 17.8 Å². The molecule has 2 N–H and O–H groups in total. The van der Waals surface area contributed by atoms with Crippen LogP contribution in [-0.2, 0) is 0 Å². The van der Waals surface area contributed by atoms with Crippen LogP contribution in [-0.4, -0.2) is 24.8 Å². The van der Waals surface area contributed by atoms with Crippen LogP contribution in [0.5, 0.6) is 0 Å². The van der Waals surface area contributed by atoms with Crippen LogP contribution < -0.4 is 5.32 Å². The summed E-state index contributed by atoms with van der Waals surface area (Å²) in [7, 11) is 0. The number of nitrogens with one attached hydrogen (secondary N) is 1. The minimum Gasteiger partial charge on any atom is -0.396 e. The molecule has 0 aromatic rings. The van der Waals surface area contributed by atoms with Crippen LogP contribution in [0.1, 0.15) is 19.3 Å². The van der Waals surface area contributed by atoms with Crippen molar-refractivity contribution in [2.45, 2.75) is 19.3 Å². The molecule has 11 heavy (non-hydrogen) atoms. The first kappa shape index (κ1) is 7.56. The molecule has 2 atom stereocenters. The van der Waals surface area contributed by atoms with E-state index in [-0.39, 0.29) is 0 Å². The van der Waals surface area contributed by atoms with Crippen molar-refractivity contribution in [3.05, 3.63) is 0 Å². The summed E-state index contributed by atoms with van der Waals surface area (Å²) in [5.74, 6) is 2.47. The lowest BCUT2D eigenvalue weighted by atomic mass is 9.92. The molecular weight excluding hydrogens is 138 g/mol. The Morgan fingerprint density at radius 1 is 1.27 bits per heavy atom. The summed E-state index contributed by atoms with van der Waals surface area (Å²) in [6.07, 6.45) is 3.96. The van der Waals surface area contributed by atoms with Gasteiger partial charge in [0.1, 0.15) is 0 Å². The number of piperidine rings is 1. The number of hydrogen-bond acceptors (Lipinski definition) is 2. The Morgan fingerprint density at radius 2 is 2.00 bits per heavy atom. The summed E-state index contributed by atoms with van der Waals surface area (Å²) >= 11 is 0. The highest BCUT2D eigenvalue weighted by Crippen LogP contribution is 2.46. The molecule has 0 amide bonds. The van der Waals surface area contributed by atoms with Crippen molar-refractivity contribution in [1.29, 1.82) is 0 Å². The van der Waals surface area contributed by atoms with Crippen LogP contribution in [0.15, 0.2) is 0 Å². The molecule has 1 aliphatic carbocycles. The second kappa shape index (κ2) is 3.11. The van der Waals surface area contributed by atoms with Crippen molar-refractivity contribution in [2.75, 3.05) is 19.7 Å². The van der Waals surface area contributed by atoms with Crippen LogP contribution in [0.25, 0.3) is 0 Å². The average molecular weight is 155 g/mol. The van der Waals surface area contributed by atoms with Gasteiger partial charge in [-0.05, 0) is 50.1 Å². The third-order valence-corrected chi connectivity index (χ3v) is 3.20. The van der Waals surface area contributed by atoms with Gasteiger partial charge < -0.3 is 10.4 Å². The van der Waals surface area contributed by atoms with E-state index in [1.807, 2.05) is 0 Å². The van der Waals surface area contributed by atoms with Gasteiger partial charge >= 0.3 is 0 Å². The van der Waals surface area contributed by atoms with E-state index < -0.39 is 0 Å². The number of hydrogen-bond donors (Lipinski definition) is 2. The molecular formula is C9H17NO. The summed E-state index contributed by atoms with van der Waals surface area (Å²) in [6.45, 7) is 2.81. The molecule has 0 radical (unpaired) electrons. The summed E-state index contributed by atoms with van der Waals surface area (Å²) in [4.78, 5) is 0. The number of rotatable bonds is 2. The van der Waals surface area contributed by atoms with Gasteiger partial charge in [0.2, 0.25) is 0 Å². The van der Waals surface area contributed by atoms with Crippen molar-refractivity contribution in [1.82, 2.24) is 5.32 Å². The molecule has 0 aromatic heterocycles. The maximum Gasteiger partial charge on any atom is 0.0462 e. The molecule has 2 heteroatoms. The Balaban J connectivity index is 1.77. The largest absolute Gasteiger partial charge is 0.396 e. The van der Waals surface area contributed by atoms with Crippen molar-refractivity contribution in [2.24, 2.45) is 17.8 Å². The number of aliphatic hydroxyl groups is 1. The van der Waals surface area contributed by atoms with Gasteiger partial charge in [0.25, 0.3) is 0 Å². The van der Waals surface area contributed by atoms with Crippen molar-refractivity contribution >= 4 is 0 Å². The zero-order valence-corrected chi connectivity index (χ0v) is 6.92. The molecule has 1 saturated heterocycles. The number of aliphatic hydroxyl groups excluding tert-OH is 1. The minimum absolute atomic E-state index is 0.425. The molecule has 64 valence electrons. The lowest BCUT2D eigenvalue weighted by molar-refractivity contribution is 0.245. The van der Waals surface area contributed by atoms with Gasteiger partial charge in [-0.15, -0.1) is 0 Å². The molecule has 0 aromatic carbocycles. The fraction of sp³-hybridized carbons (Fsp3) is 1.00. The van der Waals surface area contributed by atoms with E-state index in [2.05, 4.69) is 5.32 Å². The topological polar surface area (TPSA) is 32.3 Å². The van der Waals surface area contributed by atoms with Gasteiger partial charge in [0.15, 0.2) is 0 Å². The highest BCUT2D eigenvalue weighted by atomic mass is 16.3. The van der Waals surface area contributed by atoms with Crippen molar-refractivity contribution < 1.29 is 5.11 Å². The molecule has 2 fully saturated rings. The van der Waals surface area contributed by atoms with E-state index in [0.29, 0.717) is 12.5 Å². The first-order valence-corrected chi connectivity index (χ1v) is 4.73. The summed E-state index contributed by atoms with van der Waals surface area (Å²) < 4.78 is 0. The van der Waals surface area contributed by atoms with Crippen molar-refractivity contribution in [3.8, 4) is 0 Å². The molecule has 1 heterocycles. The monoisotopic (exact) mass is 155 g/mol. The van der Waals surface area contributed by atoms with E-state index in [1.54, 1.807) is 0 Å². The third kappa shape index (κ3) is 1.57. The molecule has 2 unspecified atom stereocenters. The zero-order chi connectivity index (χ0) is 7.68. The second-order valence-electron chi connectivity index (χ2n) is 3.93. The zero-order valence-electron chi connectivity index (χ0n) is 6.92. The van der Waals surface area contributed by atoms with Gasteiger partial charge in [-0.3, -0.25) is 0 Å². The van der Waals surface area contributed by atoms with Crippen LogP contribution >= 0.6 is 0 Å². The summed E-state index contributed by atoms with van der Waals surface area (Å²) in [5, 5.41) is 12.3. The van der Waals surface area contributed by atoms with Gasteiger partial charge in [0.05, 0.1) is 0 Å². The van der Waals surface area contributed by atoms with Gasteiger partial charge in [0, 0.05) is 6.61 Å². The lowest BCUT2D eigenvalue weighted by Crippen LogP contribution is -2.29. The van der Waals surface area contributed by atoms with Gasteiger partial charge in [-0.2, -0.15) is 0 Å². The molecule has 2 rings (SSSR count). The second-order valence-corrected chi connectivity index (χ2v) is 3.93. The average Bonchev–Trinajstić information content (AvgIpc) is 2.85. The highest BCUT2D eigenvalue weighted by molar-refractivity contribution is 4.92. The smallest absolute Gasteiger partial charge is 0.0462 e. The van der Waals surface area contributed by atoms with Gasteiger partial charge in [-0.1, -0.05) is 0 Å². The minimum atomic E-state index is 0.425. The predicted octanol–water partition coefficient (Wildman–Crippen LogP) is 0.614. The Bertz CT molecular complexity index is 132. The van der Waals surface area contributed by atoms with E-state index >= 15 is 0 Å². The van der Waals surface area contributed by atoms with E-state index in [1.165, 1.54) is 32.4 Å². The standard InChI is InChI=1S/C9H17NO/c11-6-8-5-9(8)7-1-3-10-4-2-7/h7-11H,1-6H2. The first-order valence-electron chi connectivity index (χ1n) is 4.73. The third-order valence-electron chi connectivity index (χ3n) is 3.20. The predicted molar refractivity (Wildman–Crippen MR) is 44.3 cm³/mol. The fourth-order valence-electron chi connectivity index (χ4n) is 2.33. The molecule has 1 aliphatic heterocycles. The SMILES string of the molecule is OCC1CC1C1CCNCC1. The fourth-order valence-corrected chi connectivity index (χ4v) is 2.33. The maximum atomic E-state index is 8.89. The molecule has 0 bridgehead atoms. The lowest BCUT2D eigenvalue weighted by Gasteiger charge is -2.22. The van der Waals surface area contributed by atoms with E-state index in [0.717, 1.165) is 11.8 Å². The maximum absolute atomic E-state index is 8.89. The Hall–Kier alpha value is -0.0800. The van der Waals surface area contributed by atoms with E-state index in [9.17, 15) is 0 Å². The van der Waals surface area contributed by atoms with Crippen LogP contribution in [0.2, 0.25) is 0 Å². The van der Waals surface area contributed by atoms with E-state index in [4.69, 9.17) is 5.11 Å². The summed E-state index contributed by atoms with van der Waals surface area (Å²) in [5.41, 5.74) is 0. The van der Waals surface area contributed by atoms with Gasteiger partial charge in [-0.25, -0.2) is 0 Å². The molecule has 0 spiro atoms. The molecule has 1 saturated carbocycles. The summed E-state index contributed by atoms with van der Waals surface area (Å²) in [6, 6.07) is 0. The molecule has 2 aliphatic rings. The quantitative estimate of drug-likeness (QED) is 0.612. The Morgan fingerprint density at radius 3 is 2.55 bits per heavy atom. The first-order chi connectivity index (χ1) is 5.42. The van der Waals surface area contributed by atoms with Crippen molar-refractivity contribution in [3.63, 3.8) is 0 Å². The normalized spacial score (nSPS) is 39.0. The van der Waals surface area contributed by atoms with Crippen LogP contribution in [0.3, 0.4) is 0 Å². The molecule has 2 nitrogen and oxygen atoms in total. The Kier molecular flexibility index (Phi) is 2.14. The highest BCUT2D eigenvalue weighted by Gasteiger charge is 2.41. The van der Waals surface area contributed by atoms with Crippen LogP contribution in [0.4, 0.5) is 0 Å². The Labute approximate surface area is 68.0 Å².